The van der Waals surface area contributed by atoms with Crippen molar-refractivity contribution in [1.82, 2.24) is 4.98 Å². The van der Waals surface area contributed by atoms with Gasteiger partial charge in [-0.3, -0.25) is 4.98 Å². The van der Waals surface area contributed by atoms with Crippen LogP contribution in [0, 0.1) is 5.92 Å². The summed E-state index contributed by atoms with van der Waals surface area (Å²) in [5.41, 5.74) is 7.01. The lowest BCUT2D eigenvalue weighted by Gasteiger charge is -2.13. The summed E-state index contributed by atoms with van der Waals surface area (Å²) in [4.78, 5) is 4.46. The molecular formula is C13H20N2. The number of hydrogen-bond donors (Lipinski definition) is 1. The third-order valence-electron chi connectivity index (χ3n) is 3.53. The molecule has 1 aromatic heterocycles. The molecule has 0 bridgehead atoms. The van der Waals surface area contributed by atoms with Crippen molar-refractivity contribution in [2.75, 3.05) is 6.54 Å². The molecular weight excluding hydrogens is 184 g/mol. The molecule has 1 aromatic rings. The van der Waals surface area contributed by atoms with Gasteiger partial charge < -0.3 is 5.73 Å². The zero-order valence-corrected chi connectivity index (χ0v) is 9.23. The average Bonchev–Trinajstić information content (AvgIpc) is 2.55. The van der Waals surface area contributed by atoms with E-state index in [0.29, 0.717) is 5.92 Å². The van der Waals surface area contributed by atoms with Gasteiger partial charge >= 0.3 is 0 Å². The van der Waals surface area contributed by atoms with E-state index >= 15 is 0 Å². The molecule has 1 aliphatic carbocycles. The molecule has 2 heteroatoms. The zero-order valence-electron chi connectivity index (χ0n) is 9.23. The van der Waals surface area contributed by atoms with Gasteiger partial charge in [0.05, 0.1) is 0 Å². The molecule has 82 valence electrons. The highest BCUT2D eigenvalue weighted by molar-refractivity contribution is 5.09. The quantitative estimate of drug-likeness (QED) is 0.752. The van der Waals surface area contributed by atoms with Gasteiger partial charge in [0.2, 0.25) is 0 Å². The Morgan fingerprint density at radius 2 is 2.13 bits per heavy atom. The van der Waals surface area contributed by atoms with Crippen LogP contribution in [0.25, 0.3) is 0 Å². The van der Waals surface area contributed by atoms with Gasteiger partial charge in [-0.25, -0.2) is 0 Å². The van der Waals surface area contributed by atoms with E-state index in [4.69, 9.17) is 5.73 Å². The first-order valence-electron chi connectivity index (χ1n) is 6.01. The van der Waals surface area contributed by atoms with E-state index in [9.17, 15) is 0 Å². The van der Waals surface area contributed by atoms with Crippen LogP contribution in [0.4, 0.5) is 0 Å². The summed E-state index contributed by atoms with van der Waals surface area (Å²) in [6.07, 6.45) is 8.34. The van der Waals surface area contributed by atoms with Crippen LogP contribution in [-0.4, -0.2) is 11.5 Å². The van der Waals surface area contributed by atoms with E-state index in [1.54, 1.807) is 0 Å². The summed E-state index contributed by atoms with van der Waals surface area (Å²) in [5, 5.41) is 0. The van der Waals surface area contributed by atoms with Crippen molar-refractivity contribution >= 4 is 0 Å². The van der Waals surface area contributed by atoms with Crippen LogP contribution in [0.5, 0.6) is 0 Å². The monoisotopic (exact) mass is 204 g/mol. The maximum atomic E-state index is 5.74. The molecule has 0 amide bonds. The van der Waals surface area contributed by atoms with E-state index in [2.05, 4.69) is 17.1 Å². The lowest BCUT2D eigenvalue weighted by atomic mass is 9.95. The third-order valence-corrected chi connectivity index (χ3v) is 3.53. The summed E-state index contributed by atoms with van der Waals surface area (Å²) in [6, 6.07) is 6.24. The maximum Gasteiger partial charge on any atom is 0.0434 e. The molecule has 1 heterocycles. The minimum Gasteiger partial charge on any atom is -0.330 e. The number of aromatic nitrogens is 1. The van der Waals surface area contributed by atoms with Crippen molar-refractivity contribution in [2.45, 2.75) is 38.0 Å². The summed E-state index contributed by atoms with van der Waals surface area (Å²) >= 11 is 0. The molecule has 2 rings (SSSR count). The summed E-state index contributed by atoms with van der Waals surface area (Å²) in [7, 11) is 0. The van der Waals surface area contributed by atoms with Gasteiger partial charge in [0.15, 0.2) is 0 Å². The van der Waals surface area contributed by atoms with Crippen LogP contribution in [0.3, 0.4) is 0 Å². The van der Waals surface area contributed by atoms with Gasteiger partial charge in [-0.1, -0.05) is 12.5 Å². The highest BCUT2D eigenvalue weighted by Crippen LogP contribution is 2.32. The number of hydrogen-bond acceptors (Lipinski definition) is 2. The topological polar surface area (TPSA) is 38.9 Å². The molecule has 1 aliphatic rings. The fourth-order valence-electron chi connectivity index (χ4n) is 2.53. The maximum absolute atomic E-state index is 5.74. The normalized spacial score (nSPS) is 27.3. The highest BCUT2D eigenvalue weighted by atomic mass is 14.7. The second-order valence-electron chi connectivity index (χ2n) is 4.56. The Labute approximate surface area is 91.9 Å². The lowest BCUT2D eigenvalue weighted by Crippen LogP contribution is -2.13. The minimum absolute atomic E-state index is 0.669. The van der Waals surface area contributed by atoms with Crippen LogP contribution < -0.4 is 5.73 Å². The third kappa shape index (κ3) is 2.78. The van der Waals surface area contributed by atoms with Gasteiger partial charge in [0.25, 0.3) is 0 Å². The van der Waals surface area contributed by atoms with Gasteiger partial charge in [0, 0.05) is 17.8 Å². The smallest absolute Gasteiger partial charge is 0.0434 e. The Hall–Kier alpha value is -0.890. The van der Waals surface area contributed by atoms with Crippen LogP contribution in [0.1, 0.15) is 43.7 Å². The van der Waals surface area contributed by atoms with Gasteiger partial charge in [0.1, 0.15) is 0 Å². The van der Waals surface area contributed by atoms with Crippen LogP contribution in [0.15, 0.2) is 24.4 Å². The predicted octanol–water partition coefficient (Wildman–Crippen LogP) is 2.70. The molecule has 0 aromatic carbocycles. The summed E-state index contributed by atoms with van der Waals surface area (Å²) < 4.78 is 0. The molecule has 2 nitrogen and oxygen atoms in total. The molecule has 1 fully saturated rings. The fourth-order valence-corrected chi connectivity index (χ4v) is 2.53. The van der Waals surface area contributed by atoms with Crippen LogP contribution in [0.2, 0.25) is 0 Å². The van der Waals surface area contributed by atoms with E-state index in [-0.39, 0.29) is 0 Å². The molecule has 1 saturated carbocycles. The highest BCUT2D eigenvalue weighted by Gasteiger charge is 2.19. The van der Waals surface area contributed by atoms with E-state index in [1.807, 2.05) is 12.3 Å². The summed E-state index contributed by atoms with van der Waals surface area (Å²) in [6.45, 7) is 0.856. The second-order valence-corrected chi connectivity index (χ2v) is 4.56. The van der Waals surface area contributed by atoms with Crippen molar-refractivity contribution in [3.8, 4) is 0 Å². The summed E-state index contributed by atoms with van der Waals surface area (Å²) in [5.74, 6) is 1.42. The molecule has 15 heavy (non-hydrogen) atoms. The predicted molar refractivity (Wildman–Crippen MR) is 62.6 cm³/mol. The first kappa shape index (κ1) is 10.6. The lowest BCUT2D eigenvalue weighted by molar-refractivity contribution is 0.466. The minimum atomic E-state index is 0.669. The second kappa shape index (κ2) is 5.26. The Balaban J connectivity index is 2.00. The van der Waals surface area contributed by atoms with Crippen molar-refractivity contribution in [1.29, 1.82) is 0 Å². The molecule has 2 atom stereocenters. The largest absolute Gasteiger partial charge is 0.330 e. The number of rotatable bonds is 2. The molecule has 2 N–H and O–H groups in total. The average molecular weight is 204 g/mol. The zero-order chi connectivity index (χ0) is 10.5. The Kier molecular flexibility index (Phi) is 3.73. The van der Waals surface area contributed by atoms with Crippen molar-refractivity contribution in [3.63, 3.8) is 0 Å². The van der Waals surface area contributed by atoms with Crippen LogP contribution in [-0.2, 0) is 0 Å². The fraction of sp³-hybridized carbons (Fsp3) is 0.615. The van der Waals surface area contributed by atoms with Gasteiger partial charge in [-0.15, -0.1) is 0 Å². The SMILES string of the molecule is NCC1CCCC(c2ccccn2)CC1. The molecule has 0 aliphatic heterocycles. The Bertz CT molecular complexity index is 284. The Morgan fingerprint density at radius 3 is 2.87 bits per heavy atom. The van der Waals surface area contributed by atoms with Crippen LogP contribution >= 0.6 is 0 Å². The van der Waals surface area contributed by atoms with Gasteiger partial charge in [-0.2, -0.15) is 0 Å². The number of nitrogens with two attached hydrogens (primary N) is 1. The first-order valence-corrected chi connectivity index (χ1v) is 6.01. The van der Waals surface area contributed by atoms with E-state index in [1.165, 1.54) is 37.8 Å². The van der Waals surface area contributed by atoms with Gasteiger partial charge in [-0.05, 0) is 50.3 Å². The molecule has 0 radical (unpaired) electrons. The molecule has 0 spiro atoms. The number of nitrogens with zero attached hydrogens (tertiary/aromatic N) is 1. The molecule has 2 unspecified atom stereocenters. The standard InChI is InChI=1S/C13H20N2/c14-10-11-4-3-5-12(8-7-11)13-6-1-2-9-15-13/h1-2,6,9,11-12H,3-5,7-8,10,14H2. The van der Waals surface area contributed by atoms with Crippen molar-refractivity contribution in [2.24, 2.45) is 11.7 Å². The van der Waals surface area contributed by atoms with E-state index < -0.39 is 0 Å². The number of pyridine rings is 1. The Morgan fingerprint density at radius 1 is 1.20 bits per heavy atom. The van der Waals surface area contributed by atoms with Crippen molar-refractivity contribution < 1.29 is 0 Å². The molecule has 0 saturated heterocycles. The van der Waals surface area contributed by atoms with E-state index in [0.717, 1.165) is 12.5 Å². The first-order chi connectivity index (χ1) is 7.40. The van der Waals surface area contributed by atoms with Crippen molar-refractivity contribution in [3.05, 3.63) is 30.1 Å².